The summed E-state index contributed by atoms with van der Waals surface area (Å²) in [5.41, 5.74) is 2.92. The number of nitrogens with one attached hydrogen (secondary N) is 1. The Labute approximate surface area is 116 Å². The second-order valence-electron chi connectivity index (χ2n) is 4.28. The van der Waals surface area contributed by atoms with Crippen molar-refractivity contribution in [3.8, 4) is 5.69 Å². The Hall–Kier alpha value is -1.91. The summed E-state index contributed by atoms with van der Waals surface area (Å²) in [7, 11) is 1.90. The molecule has 0 fully saturated rings. The molecule has 19 heavy (non-hydrogen) atoms. The predicted molar refractivity (Wildman–Crippen MR) is 76.6 cm³/mol. The van der Waals surface area contributed by atoms with E-state index in [-0.39, 0.29) is 0 Å². The third-order valence-corrected chi connectivity index (χ3v) is 3.10. The first-order valence-electron chi connectivity index (χ1n) is 6.02. The smallest absolute Gasteiger partial charge is 0.0790 e. The van der Waals surface area contributed by atoms with Crippen LogP contribution < -0.4 is 5.32 Å². The maximum absolute atomic E-state index is 5.95. The topological polar surface area (TPSA) is 42.7 Å². The van der Waals surface area contributed by atoms with Gasteiger partial charge in [0.05, 0.1) is 28.1 Å². The molecule has 96 valence electrons. The Morgan fingerprint density at radius 3 is 2.89 bits per heavy atom. The number of pyridine rings is 1. The van der Waals surface area contributed by atoms with Crippen molar-refractivity contribution in [1.82, 2.24) is 20.1 Å². The summed E-state index contributed by atoms with van der Waals surface area (Å²) < 4.78 is 1.78. The maximum Gasteiger partial charge on any atom is 0.0790 e. The SMILES string of the molecule is CNCc1cc(-n2cc(Cl)cn2)c2ccccc2n1. The van der Waals surface area contributed by atoms with Crippen LogP contribution in [0.2, 0.25) is 5.02 Å². The summed E-state index contributed by atoms with van der Waals surface area (Å²) >= 11 is 5.95. The monoisotopic (exact) mass is 272 g/mol. The average molecular weight is 273 g/mol. The van der Waals surface area contributed by atoms with Gasteiger partial charge in [-0.05, 0) is 19.2 Å². The van der Waals surface area contributed by atoms with Gasteiger partial charge in [0.1, 0.15) is 0 Å². The summed E-state index contributed by atoms with van der Waals surface area (Å²) in [6, 6.07) is 10.1. The number of hydrogen-bond acceptors (Lipinski definition) is 3. The lowest BCUT2D eigenvalue weighted by Crippen LogP contribution is -2.08. The van der Waals surface area contributed by atoms with Crippen molar-refractivity contribution in [2.45, 2.75) is 6.54 Å². The fraction of sp³-hybridized carbons (Fsp3) is 0.143. The molecule has 0 saturated heterocycles. The number of benzene rings is 1. The quantitative estimate of drug-likeness (QED) is 0.797. The second kappa shape index (κ2) is 4.99. The van der Waals surface area contributed by atoms with E-state index >= 15 is 0 Å². The number of hydrogen-bond donors (Lipinski definition) is 1. The van der Waals surface area contributed by atoms with E-state index in [4.69, 9.17) is 11.6 Å². The molecule has 1 aromatic carbocycles. The van der Waals surface area contributed by atoms with E-state index in [9.17, 15) is 0 Å². The van der Waals surface area contributed by atoms with E-state index in [0.717, 1.165) is 22.3 Å². The van der Waals surface area contributed by atoms with Crippen LogP contribution in [0.4, 0.5) is 0 Å². The minimum Gasteiger partial charge on any atom is -0.314 e. The number of para-hydroxylation sites is 1. The van der Waals surface area contributed by atoms with Crippen LogP contribution >= 0.6 is 11.6 Å². The molecule has 2 aromatic heterocycles. The van der Waals surface area contributed by atoms with Crippen LogP contribution in [0.5, 0.6) is 0 Å². The van der Waals surface area contributed by atoms with E-state index in [1.54, 1.807) is 17.1 Å². The molecule has 0 amide bonds. The minimum atomic E-state index is 0.621. The van der Waals surface area contributed by atoms with Gasteiger partial charge in [0.2, 0.25) is 0 Å². The molecular formula is C14H13ClN4. The van der Waals surface area contributed by atoms with Gasteiger partial charge in [-0.25, -0.2) is 4.68 Å². The lowest BCUT2D eigenvalue weighted by Gasteiger charge is -2.09. The van der Waals surface area contributed by atoms with Crippen molar-refractivity contribution in [2.75, 3.05) is 7.05 Å². The standard InChI is InChI=1S/C14H13ClN4/c1-16-8-11-6-14(19-9-10(15)7-17-19)12-4-2-3-5-13(12)18-11/h2-7,9,16H,8H2,1H3. The first kappa shape index (κ1) is 12.1. The highest BCUT2D eigenvalue weighted by atomic mass is 35.5. The number of nitrogens with zero attached hydrogens (tertiary/aromatic N) is 3. The van der Waals surface area contributed by atoms with Crippen LogP contribution in [0.3, 0.4) is 0 Å². The normalized spacial score (nSPS) is 11.1. The predicted octanol–water partition coefficient (Wildman–Crippen LogP) is 2.79. The minimum absolute atomic E-state index is 0.621. The Balaban J connectivity index is 2.25. The number of aromatic nitrogens is 3. The summed E-state index contributed by atoms with van der Waals surface area (Å²) in [6.45, 7) is 0.715. The molecule has 0 bridgehead atoms. The van der Waals surface area contributed by atoms with Gasteiger partial charge < -0.3 is 5.32 Å². The fourth-order valence-electron chi connectivity index (χ4n) is 2.10. The largest absolute Gasteiger partial charge is 0.314 e. The zero-order valence-electron chi connectivity index (χ0n) is 10.5. The number of halogens is 1. The average Bonchev–Trinajstić information content (AvgIpc) is 2.85. The number of fused-ring (bicyclic) bond motifs is 1. The van der Waals surface area contributed by atoms with Crippen molar-refractivity contribution >= 4 is 22.5 Å². The van der Waals surface area contributed by atoms with Crippen LogP contribution in [0.1, 0.15) is 5.69 Å². The summed E-state index contributed by atoms with van der Waals surface area (Å²) in [5, 5.41) is 9.07. The highest BCUT2D eigenvalue weighted by Gasteiger charge is 2.08. The molecule has 5 heteroatoms. The molecule has 0 saturated carbocycles. The Bertz CT molecular complexity index is 720. The van der Waals surface area contributed by atoms with Gasteiger partial charge in [0.15, 0.2) is 0 Å². The second-order valence-corrected chi connectivity index (χ2v) is 4.72. The Morgan fingerprint density at radius 1 is 1.32 bits per heavy atom. The van der Waals surface area contributed by atoms with Gasteiger partial charge in [-0.3, -0.25) is 4.98 Å². The van der Waals surface area contributed by atoms with Crippen molar-refractivity contribution in [3.63, 3.8) is 0 Å². The van der Waals surface area contributed by atoms with E-state index < -0.39 is 0 Å². The molecule has 0 aliphatic carbocycles. The molecule has 0 unspecified atom stereocenters. The first-order chi connectivity index (χ1) is 9.28. The molecule has 0 spiro atoms. The Kier molecular flexibility index (Phi) is 3.19. The zero-order valence-corrected chi connectivity index (χ0v) is 11.2. The van der Waals surface area contributed by atoms with Gasteiger partial charge in [0.25, 0.3) is 0 Å². The van der Waals surface area contributed by atoms with E-state index in [1.807, 2.05) is 37.4 Å². The van der Waals surface area contributed by atoms with Gasteiger partial charge in [-0.15, -0.1) is 0 Å². The van der Waals surface area contributed by atoms with Crippen LogP contribution in [0.15, 0.2) is 42.7 Å². The highest BCUT2D eigenvalue weighted by molar-refractivity contribution is 6.30. The lowest BCUT2D eigenvalue weighted by atomic mass is 10.1. The van der Waals surface area contributed by atoms with Crippen molar-refractivity contribution < 1.29 is 0 Å². The molecule has 0 atom stereocenters. The molecular weight excluding hydrogens is 260 g/mol. The van der Waals surface area contributed by atoms with Crippen LogP contribution in [-0.4, -0.2) is 21.8 Å². The van der Waals surface area contributed by atoms with Crippen molar-refractivity contribution in [2.24, 2.45) is 0 Å². The maximum atomic E-state index is 5.95. The fourth-order valence-corrected chi connectivity index (χ4v) is 2.24. The summed E-state index contributed by atoms with van der Waals surface area (Å²) in [4.78, 5) is 4.62. The molecule has 3 aromatic rings. The van der Waals surface area contributed by atoms with Crippen molar-refractivity contribution in [1.29, 1.82) is 0 Å². The molecule has 3 rings (SSSR count). The highest BCUT2D eigenvalue weighted by Crippen LogP contribution is 2.22. The number of rotatable bonds is 3. The summed E-state index contributed by atoms with van der Waals surface area (Å²) in [6.07, 6.45) is 3.43. The van der Waals surface area contributed by atoms with Crippen LogP contribution in [0.25, 0.3) is 16.6 Å². The third kappa shape index (κ3) is 2.32. The third-order valence-electron chi connectivity index (χ3n) is 2.90. The lowest BCUT2D eigenvalue weighted by molar-refractivity contribution is 0.790. The molecule has 1 N–H and O–H groups in total. The molecule has 0 radical (unpaired) electrons. The molecule has 4 nitrogen and oxygen atoms in total. The first-order valence-corrected chi connectivity index (χ1v) is 6.39. The molecule has 0 aliphatic rings. The van der Waals surface area contributed by atoms with E-state index in [0.29, 0.717) is 11.6 Å². The molecule has 0 aliphatic heterocycles. The molecule has 2 heterocycles. The van der Waals surface area contributed by atoms with E-state index in [2.05, 4.69) is 15.4 Å². The van der Waals surface area contributed by atoms with Gasteiger partial charge in [-0.2, -0.15) is 5.10 Å². The van der Waals surface area contributed by atoms with Crippen LogP contribution in [0, 0.1) is 0 Å². The van der Waals surface area contributed by atoms with Gasteiger partial charge >= 0.3 is 0 Å². The van der Waals surface area contributed by atoms with E-state index in [1.165, 1.54) is 0 Å². The van der Waals surface area contributed by atoms with Crippen LogP contribution in [-0.2, 0) is 6.54 Å². The van der Waals surface area contributed by atoms with Crippen molar-refractivity contribution in [3.05, 3.63) is 53.4 Å². The Morgan fingerprint density at radius 2 is 2.16 bits per heavy atom. The summed E-state index contributed by atoms with van der Waals surface area (Å²) in [5.74, 6) is 0. The zero-order chi connectivity index (χ0) is 13.2. The van der Waals surface area contributed by atoms with Gasteiger partial charge in [0, 0.05) is 18.1 Å². The van der Waals surface area contributed by atoms with Gasteiger partial charge in [-0.1, -0.05) is 29.8 Å².